The monoisotopic (exact) mass is 584 g/mol. The van der Waals surface area contributed by atoms with Crippen LogP contribution in [0.2, 0.25) is 0 Å². The lowest BCUT2D eigenvalue weighted by atomic mass is 9.71. The van der Waals surface area contributed by atoms with Crippen molar-refractivity contribution in [1.29, 1.82) is 0 Å². The van der Waals surface area contributed by atoms with Crippen LogP contribution in [0.3, 0.4) is 0 Å². The van der Waals surface area contributed by atoms with Crippen molar-refractivity contribution in [1.82, 2.24) is 10.6 Å². The van der Waals surface area contributed by atoms with Gasteiger partial charge in [0.15, 0.2) is 11.5 Å². The molecular weight excluding hydrogens is 544 g/mol. The second kappa shape index (κ2) is 13.4. The van der Waals surface area contributed by atoms with Crippen LogP contribution in [0.5, 0.6) is 17.2 Å². The van der Waals surface area contributed by atoms with Crippen LogP contribution in [0, 0.1) is 0 Å². The lowest BCUT2D eigenvalue weighted by molar-refractivity contribution is -0.137. The molecule has 0 bridgehead atoms. The number of carboxylic acid groups (broad SMARTS) is 2. The average molecular weight is 585 g/mol. The van der Waals surface area contributed by atoms with Gasteiger partial charge >= 0.3 is 24.0 Å². The second-order valence-electron chi connectivity index (χ2n) is 11.7. The Labute approximate surface area is 244 Å². The minimum Gasteiger partial charge on any atom is -0.492 e. The van der Waals surface area contributed by atoms with E-state index in [0.717, 1.165) is 35.8 Å². The third-order valence-corrected chi connectivity index (χ3v) is 7.92. The molecule has 0 aromatic heterocycles. The predicted octanol–water partition coefficient (Wildman–Crippen LogP) is 4.65. The molecule has 0 saturated heterocycles. The highest BCUT2D eigenvalue weighted by Crippen LogP contribution is 2.55. The fourth-order valence-electron chi connectivity index (χ4n) is 5.85. The molecule has 0 spiro atoms. The van der Waals surface area contributed by atoms with Gasteiger partial charge in [0.1, 0.15) is 5.75 Å². The average Bonchev–Trinajstić information content (AvgIpc) is 3.30. The van der Waals surface area contributed by atoms with Gasteiger partial charge in [-0.05, 0) is 61.6 Å². The fourth-order valence-corrected chi connectivity index (χ4v) is 5.85. The normalized spacial score (nSPS) is 16.7. The molecule has 1 aliphatic carbocycles. The number of aliphatic carboxylic acids is 2. The molecule has 42 heavy (non-hydrogen) atoms. The molecule has 228 valence electrons. The molecule has 0 radical (unpaired) electrons. The lowest BCUT2D eigenvalue weighted by Gasteiger charge is -2.34. The molecule has 2 aromatic rings. The van der Waals surface area contributed by atoms with Crippen molar-refractivity contribution < 1.29 is 43.6 Å². The van der Waals surface area contributed by atoms with E-state index < -0.39 is 24.0 Å². The quantitative estimate of drug-likeness (QED) is 0.148. The molecule has 4 N–H and O–H groups in total. The van der Waals surface area contributed by atoms with Crippen molar-refractivity contribution in [2.24, 2.45) is 0 Å². The van der Waals surface area contributed by atoms with Crippen molar-refractivity contribution in [2.75, 3.05) is 26.2 Å². The molecule has 11 heteroatoms. The van der Waals surface area contributed by atoms with Crippen LogP contribution in [0.15, 0.2) is 12.1 Å². The number of hydrogen-bond donors (Lipinski definition) is 4. The number of carbonyl (C=O) groups excluding carboxylic acids is 2. The van der Waals surface area contributed by atoms with Crippen molar-refractivity contribution in [3.05, 3.63) is 28.8 Å². The topological polar surface area (TPSA) is 160 Å². The van der Waals surface area contributed by atoms with Crippen LogP contribution in [-0.2, 0) is 26.2 Å². The van der Waals surface area contributed by atoms with Crippen LogP contribution in [0.4, 0.5) is 4.79 Å². The van der Waals surface area contributed by atoms with Crippen molar-refractivity contribution >= 4 is 34.8 Å². The van der Waals surface area contributed by atoms with E-state index in [1.807, 2.05) is 13.0 Å². The Kier molecular flexibility index (Phi) is 9.93. The summed E-state index contributed by atoms with van der Waals surface area (Å²) in [5, 5.41) is 24.6. The number of carboxylic acids is 2. The highest BCUT2D eigenvalue weighted by atomic mass is 16.6. The van der Waals surface area contributed by atoms with E-state index in [1.54, 1.807) is 0 Å². The number of benzene rings is 2. The molecule has 2 aliphatic rings. The molecule has 1 atom stereocenters. The summed E-state index contributed by atoms with van der Waals surface area (Å²) >= 11 is 0. The molecule has 0 unspecified atom stereocenters. The number of hydrogen-bond acceptors (Lipinski definition) is 8. The zero-order valence-electron chi connectivity index (χ0n) is 24.5. The SMILES string of the molecule is C[C@H]1COc2c1c(OC(=O)NCCCCC(=O)O)c(OC(=O)CCCNCC(=O)O)c1c3c(ccc21)C(C)(C)CCC3. The van der Waals surface area contributed by atoms with E-state index in [1.165, 1.54) is 0 Å². The van der Waals surface area contributed by atoms with Crippen molar-refractivity contribution in [3.63, 3.8) is 0 Å². The lowest BCUT2D eigenvalue weighted by Crippen LogP contribution is -2.29. The highest BCUT2D eigenvalue weighted by molar-refractivity contribution is 6.03. The van der Waals surface area contributed by atoms with E-state index in [9.17, 15) is 19.2 Å². The summed E-state index contributed by atoms with van der Waals surface area (Å²) < 4.78 is 18.1. The summed E-state index contributed by atoms with van der Waals surface area (Å²) in [6.07, 6.45) is 3.29. The minimum absolute atomic E-state index is 0.0111. The van der Waals surface area contributed by atoms with Gasteiger partial charge < -0.3 is 35.1 Å². The van der Waals surface area contributed by atoms with Crippen LogP contribution in [-0.4, -0.2) is 60.5 Å². The van der Waals surface area contributed by atoms with Crippen molar-refractivity contribution in [2.45, 2.75) is 83.5 Å². The van der Waals surface area contributed by atoms with Crippen molar-refractivity contribution in [3.8, 4) is 17.2 Å². The maximum atomic E-state index is 13.2. The summed E-state index contributed by atoms with van der Waals surface area (Å²) in [5.74, 6) is -1.56. The van der Waals surface area contributed by atoms with E-state index in [2.05, 4.69) is 30.5 Å². The van der Waals surface area contributed by atoms with Gasteiger partial charge in [0.2, 0.25) is 0 Å². The molecule has 0 fully saturated rings. The predicted molar refractivity (Wildman–Crippen MR) is 155 cm³/mol. The molecule has 2 aromatic carbocycles. The largest absolute Gasteiger partial charge is 0.492 e. The Bertz CT molecular complexity index is 1370. The van der Waals surface area contributed by atoms with Gasteiger partial charge in [-0.3, -0.25) is 14.4 Å². The maximum absolute atomic E-state index is 13.2. The maximum Gasteiger partial charge on any atom is 0.412 e. The summed E-state index contributed by atoms with van der Waals surface area (Å²) in [5.41, 5.74) is 2.75. The first kappa shape index (κ1) is 31.1. The zero-order valence-corrected chi connectivity index (χ0v) is 24.5. The number of carbonyl (C=O) groups is 4. The van der Waals surface area contributed by atoms with Gasteiger partial charge in [0.05, 0.1) is 13.2 Å². The molecular formula is C31H40N2O9. The van der Waals surface area contributed by atoms with E-state index in [4.69, 9.17) is 24.4 Å². The minimum atomic E-state index is -0.979. The Balaban J connectivity index is 1.72. The molecule has 0 saturated carbocycles. The van der Waals surface area contributed by atoms with Crippen LogP contribution in [0.25, 0.3) is 10.8 Å². The first-order valence-corrected chi connectivity index (χ1v) is 14.6. The van der Waals surface area contributed by atoms with Gasteiger partial charge in [-0.1, -0.05) is 32.9 Å². The van der Waals surface area contributed by atoms with E-state index in [0.29, 0.717) is 49.1 Å². The highest BCUT2D eigenvalue weighted by Gasteiger charge is 2.37. The Morgan fingerprint density at radius 3 is 2.52 bits per heavy atom. The van der Waals surface area contributed by atoms with Gasteiger partial charge in [-0.2, -0.15) is 0 Å². The number of esters is 1. The van der Waals surface area contributed by atoms with E-state index in [-0.39, 0.29) is 48.8 Å². The number of unbranched alkanes of at least 4 members (excludes halogenated alkanes) is 1. The standard InChI is InChI=1S/C31H40N2O9/c1-18-17-40-27-20-11-12-21-19(8-6-13-31(21,2)3)26(20)29(41-24(38)10-7-14-32-16-23(36)37)28(25(18)27)42-30(39)33-15-5-4-9-22(34)35/h11-12,18,32H,4-10,13-17H2,1-3H3,(H,33,39)(H,34,35)(H,36,37)/t18-/m0/s1. The van der Waals surface area contributed by atoms with Gasteiger partial charge in [0.25, 0.3) is 0 Å². The number of aryl methyl sites for hydroxylation is 1. The van der Waals surface area contributed by atoms with Gasteiger partial charge in [0, 0.05) is 41.6 Å². The number of nitrogens with one attached hydrogen (secondary N) is 2. The van der Waals surface area contributed by atoms with Crippen LogP contribution in [0.1, 0.15) is 88.3 Å². The molecule has 1 heterocycles. The number of amides is 1. The number of fused-ring (bicyclic) bond motifs is 5. The molecule has 1 aliphatic heterocycles. The van der Waals surface area contributed by atoms with Crippen LogP contribution >= 0.6 is 0 Å². The summed E-state index contributed by atoms with van der Waals surface area (Å²) in [6, 6.07) is 4.12. The van der Waals surface area contributed by atoms with E-state index >= 15 is 0 Å². The molecule has 11 nitrogen and oxygen atoms in total. The first-order chi connectivity index (χ1) is 20.0. The summed E-state index contributed by atoms with van der Waals surface area (Å²) in [6.45, 7) is 7.07. The summed E-state index contributed by atoms with van der Waals surface area (Å²) in [7, 11) is 0. The summed E-state index contributed by atoms with van der Waals surface area (Å²) in [4.78, 5) is 47.7. The fraction of sp³-hybridized carbons (Fsp3) is 0.548. The first-order valence-electron chi connectivity index (χ1n) is 14.6. The molecule has 1 amide bonds. The van der Waals surface area contributed by atoms with Gasteiger partial charge in [-0.15, -0.1) is 0 Å². The van der Waals surface area contributed by atoms with Crippen LogP contribution < -0.4 is 24.8 Å². The smallest absolute Gasteiger partial charge is 0.412 e. The second-order valence-corrected chi connectivity index (χ2v) is 11.7. The third-order valence-electron chi connectivity index (χ3n) is 7.92. The Hall–Kier alpha value is -3.86. The number of ether oxygens (including phenoxy) is 3. The Morgan fingerprint density at radius 2 is 1.79 bits per heavy atom. The zero-order chi connectivity index (χ0) is 30.4. The third kappa shape index (κ3) is 7.13. The number of rotatable bonds is 13. The Morgan fingerprint density at radius 1 is 1.00 bits per heavy atom. The van der Waals surface area contributed by atoms with Gasteiger partial charge in [-0.25, -0.2) is 4.79 Å². The molecule has 4 rings (SSSR count).